The zero-order valence-corrected chi connectivity index (χ0v) is 11.6. The minimum atomic E-state index is -0.0552. The van der Waals surface area contributed by atoms with E-state index >= 15 is 0 Å². The van der Waals surface area contributed by atoms with Crippen LogP contribution < -0.4 is 9.47 Å². The predicted octanol–water partition coefficient (Wildman–Crippen LogP) is 2.23. The van der Waals surface area contributed by atoms with Crippen molar-refractivity contribution in [1.29, 1.82) is 5.26 Å². The van der Waals surface area contributed by atoms with Crippen LogP contribution in [0.3, 0.4) is 0 Å². The molecule has 4 heteroatoms. The molecule has 0 aliphatic carbocycles. The Morgan fingerprint density at radius 3 is 2.79 bits per heavy atom. The highest BCUT2D eigenvalue weighted by Crippen LogP contribution is 2.30. The summed E-state index contributed by atoms with van der Waals surface area (Å²) < 4.78 is 11.3. The SMILES string of the molecule is CC(C#N)N(C)CCc1ccc2c(c1)OCCCO2. The van der Waals surface area contributed by atoms with Crippen molar-refractivity contribution in [2.75, 3.05) is 26.8 Å². The Hall–Kier alpha value is -1.73. The zero-order valence-electron chi connectivity index (χ0n) is 11.6. The summed E-state index contributed by atoms with van der Waals surface area (Å²) in [5, 5.41) is 8.86. The molecule has 2 rings (SSSR count). The number of likely N-dealkylation sites (N-methyl/N-ethyl adjacent to an activating group) is 1. The minimum Gasteiger partial charge on any atom is -0.490 e. The van der Waals surface area contributed by atoms with E-state index in [-0.39, 0.29) is 6.04 Å². The maximum absolute atomic E-state index is 8.86. The van der Waals surface area contributed by atoms with Gasteiger partial charge in [-0.2, -0.15) is 5.26 Å². The summed E-state index contributed by atoms with van der Waals surface area (Å²) >= 11 is 0. The summed E-state index contributed by atoms with van der Waals surface area (Å²) in [4.78, 5) is 2.04. The van der Waals surface area contributed by atoms with Gasteiger partial charge >= 0.3 is 0 Å². The molecule has 1 aliphatic heterocycles. The first-order chi connectivity index (χ1) is 9.20. The van der Waals surface area contributed by atoms with E-state index in [1.807, 2.05) is 31.0 Å². The Balaban J connectivity index is 1.98. The second-order valence-electron chi connectivity index (χ2n) is 4.87. The summed E-state index contributed by atoms with van der Waals surface area (Å²) in [6, 6.07) is 8.28. The first-order valence-corrected chi connectivity index (χ1v) is 6.69. The van der Waals surface area contributed by atoms with Gasteiger partial charge in [0.2, 0.25) is 0 Å². The Bertz CT molecular complexity index is 468. The van der Waals surface area contributed by atoms with Gasteiger partial charge in [-0.15, -0.1) is 0 Å². The number of hydrogen-bond donors (Lipinski definition) is 0. The van der Waals surface area contributed by atoms with Crippen LogP contribution in [0.2, 0.25) is 0 Å². The highest BCUT2D eigenvalue weighted by molar-refractivity contribution is 5.43. The van der Waals surface area contributed by atoms with Gasteiger partial charge in [-0.25, -0.2) is 0 Å². The molecule has 1 heterocycles. The van der Waals surface area contributed by atoms with E-state index < -0.39 is 0 Å². The third kappa shape index (κ3) is 3.62. The second kappa shape index (κ2) is 6.44. The van der Waals surface area contributed by atoms with Gasteiger partial charge < -0.3 is 9.47 Å². The van der Waals surface area contributed by atoms with Crippen LogP contribution in [-0.4, -0.2) is 37.7 Å². The van der Waals surface area contributed by atoms with Crippen molar-refractivity contribution >= 4 is 0 Å². The van der Waals surface area contributed by atoms with E-state index in [0.717, 1.165) is 37.5 Å². The average Bonchev–Trinajstić information content (AvgIpc) is 2.68. The molecule has 4 nitrogen and oxygen atoms in total. The monoisotopic (exact) mass is 260 g/mol. The molecule has 1 aromatic carbocycles. The molecule has 1 unspecified atom stereocenters. The predicted molar refractivity (Wildman–Crippen MR) is 73.5 cm³/mol. The van der Waals surface area contributed by atoms with Crippen LogP contribution in [0.1, 0.15) is 18.9 Å². The standard InChI is InChI=1S/C15H20N2O2/c1-12(11-16)17(2)7-6-13-4-5-14-15(10-13)19-9-3-8-18-14/h4-5,10,12H,3,6-9H2,1-2H3. The van der Waals surface area contributed by atoms with Crippen molar-refractivity contribution < 1.29 is 9.47 Å². The van der Waals surface area contributed by atoms with Gasteiger partial charge in [0.25, 0.3) is 0 Å². The Kier molecular flexibility index (Phi) is 4.64. The third-order valence-corrected chi connectivity index (χ3v) is 3.41. The molecule has 19 heavy (non-hydrogen) atoms. The van der Waals surface area contributed by atoms with E-state index in [1.54, 1.807) is 0 Å². The molecular formula is C15H20N2O2. The summed E-state index contributed by atoms with van der Waals surface area (Å²) in [5.74, 6) is 1.67. The zero-order chi connectivity index (χ0) is 13.7. The quantitative estimate of drug-likeness (QED) is 0.833. The van der Waals surface area contributed by atoms with Crippen LogP contribution in [0, 0.1) is 11.3 Å². The lowest BCUT2D eigenvalue weighted by atomic mass is 10.1. The maximum atomic E-state index is 8.86. The molecule has 1 aromatic rings. The fourth-order valence-electron chi connectivity index (χ4n) is 1.96. The average molecular weight is 260 g/mol. The Morgan fingerprint density at radius 2 is 2.05 bits per heavy atom. The number of hydrogen-bond acceptors (Lipinski definition) is 4. The molecule has 0 radical (unpaired) electrons. The van der Waals surface area contributed by atoms with Crippen molar-refractivity contribution in [1.82, 2.24) is 4.90 Å². The fourth-order valence-corrected chi connectivity index (χ4v) is 1.96. The van der Waals surface area contributed by atoms with Gasteiger partial charge in [0.15, 0.2) is 11.5 Å². The van der Waals surface area contributed by atoms with E-state index in [2.05, 4.69) is 12.1 Å². The van der Waals surface area contributed by atoms with Crippen LogP contribution in [0.25, 0.3) is 0 Å². The van der Waals surface area contributed by atoms with Gasteiger partial charge in [0.05, 0.1) is 25.3 Å². The van der Waals surface area contributed by atoms with E-state index in [1.165, 1.54) is 5.56 Å². The normalized spacial score (nSPS) is 15.7. The second-order valence-corrected chi connectivity index (χ2v) is 4.87. The molecule has 102 valence electrons. The van der Waals surface area contributed by atoms with Crippen LogP contribution in [0.4, 0.5) is 0 Å². The van der Waals surface area contributed by atoms with E-state index in [4.69, 9.17) is 14.7 Å². The molecule has 1 atom stereocenters. The summed E-state index contributed by atoms with van der Waals surface area (Å²) in [6.45, 7) is 4.19. The highest BCUT2D eigenvalue weighted by atomic mass is 16.5. The summed E-state index contributed by atoms with van der Waals surface area (Å²) in [7, 11) is 1.97. The molecule has 0 bridgehead atoms. The lowest BCUT2D eigenvalue weighted by molar-refractivity contribution is 0.296. The molecule has 0 amide bonds. The molecule has 0 N–H and O–H groups in total. The molecule has 0 spiro atoms. The number of rotatable bonds is 4. The lowest BCUT2D eigenvalue weighted by Gasteiger charge is -2.19. The molecule has 0 fully saturated rings. The van der Waals surface area contributed by atoms with Gasteiger partial charge in [0, 0.05) is 13.0 Å². The Morgan fingerprint density at radius 1 is 1.32 bits per heavy atom. The van der Waals surface area contributed by atoms with Gasteiger partial charge in [-0.05, 0) is 38.1 Å². The fraction of sp³-hybridized carbons (Fsp3) is 0.533. The largest absolute Gasteiger partial charge is 0.490 e. The molecular weight excluding hydrogens is 240 g/mol. The number of nitrogens with zero attached hydrogens (tertiary/aromatic N) is 2. The van der Waals surface area contributed by atoms with Crippen molar-refractivity contribution in [2.45, 2.75) is 25.8 Å². The van der Waals surface area contributed by atoms with Crippen molar-refractivity contribution in [3.8, 4) is 17.6 Å². The Labute approximate surface area is 114 Å². The van der Waals surface area contributed by atoms with Crippen molar-refractivity contribution in [2.24, 2.45) is 0 Å². The first-order valence-electron chi connectivity index (χ1n) is 6.69. The smallest absolute Gasteiger partial charge is 0.161 e. The van der Waals surface area contributed by atoms with Crippen LogP contribution in [0.15, 0.2) is 18.2 Å². The minimum absolute atomic E-state index is 0.0552. The van der Waals surface area contributed by atoms with E-state index in [9.17, 15) is 0 Å². The van der Waals surface area contributed by atoms with Gasteiger partial charge in [-0.3, -0.25) is 4.90 Å². The molecule has 0 aromatic heterocycles. The molecule has 1 aliphatic rings. The topological polar surface area (TPSA) is 45.5 Å². The first kappa shape index (κ1) is 13.7. The highest BCUT2D eigenvalue weighted by Gasteiger charge is 2.12. The number of benzene rings is 1. The van der Waals surface area contributed by atoms with Crippen molar-refractivity contribution in [3.63, 3.8) is 0 Å². The molecule has 0 saturated heterocycles. The van der Waals surface area contributed by atoms with Crippen molar-refractivity contribution in [3.05, 3.63) is 23.8 Å². The van der Waals surface area contributed by atoms with Gasteiger partial charge in [-0.1, -0.05) is 6.07 Å². The van der Waals surface area contributed by atoms with E-state index in [0.29, 0.717) is 6.61 Å². The summed E-state index contributed by atoms with van der Waals surface area (Å²) in [6.07, 6.45) is 1.82. The third-order valence-electron chi connectivity index (χ3n) is 3.41. The molecule has 0 saturated carbocycles. The van der Waals surface area contributed by atoms with Gasteiger partial charge in [0.1, 0.15) is 0 Å². The lowest BCUT2D eigenvalue weighted by Crippen LogP contribution is -2.29. The van der Waals surface area contributed by atoms with Crippen LogP contribution in [0.5, 0.6) is 11.5 Å². The number of nitriles is 1. The van der Waals surface area contributed by atoms with Crippen LogP contribution in [-0.2, 0) is 6.42 Å². The summed E-state index contributed by atoms with van der Waals surface area (Å²) in [5.41, 5.74) is 1.21. The maximum Gasteiger partial charge on any atom is 0.161 e. The number of fused-ring (bicyclic) bond motifs is 1. The van der Waals surface area contributed by atoms with Crippen LogP contribution >= 0.6 is 0 Å². The number of ether oxygens (including phenoxy) is 2.